The summed E-state index contributed by atoms with van der Waals surface area (Å²) in [6.45, 7) is 0. The third-order valence-electron chi connectivity index (χ3n) is 3.13. The first kappa shape index (κ1) is 12.3. The Balaban J connectivity index is 2.18. The van der Waals surface area contributed by atoms with Crippen LogP contribution in [0.5, 0.6) is 5.88 Å². The smallest absolute Gasteiger partial charge is 0.224 e. The predicted octanol–water partition coefficient (Wildman–Crippen LogP) is 2.87. The molecule has 3 rings (SSSR count). The van der Waals surface area contributed by atoms with Crippen LogP contribution in [0.25, 0.3) is 10.8 Å². The number of hydrogen-bond donors (Lipinski definition) is 0. The quantitative estimate of drug-likeness (QED) is 0.682. The number of ketones is 1. The van der Waals surface area contributed by atoms with Gasteiger partial charge in [0.05, 0.1) is 12.7 Å². The summed E-state index contributed by atoms with van der Waals surface area (Å²) < 4.78 is 5.16. The van der Waals surface area contributed by atoms with Crippen LogP contribution in [0.2, 0.25) is 0 Å². The average Bonchev–Trinajstić information content (AvgIpc) is 2.53. The number of pyridine rings is 2. The molecular weight excluding hydrogens is 252 g/mol. The molecule has 0 atom stereocenters. The van der Waals surface area contributed by atoms with Gasteiger partial charge in [0.1, 0.15) is 0 Å². The van der Waals surface area contributed by atoms with Crippen molar-refractivity contribution in [2.24, 2.45) is 0 Å². The number of hydrogen-bond acceptors (Lipinski definition) is 4. The van der Waals surface area contributed by atoms with Crippen molar-refractivity contribution < 1.29 is 9.53 Å². The van der Waals surface area contributed by atoms with Crippen LogP contribution < -0.4 is 4.74 Å². The molecular formula is C16H12N2O2. The normalized spacial score (nSPS) is 10.4. The zero-order valence-electron chi connectivity index (χ0n) is 10.9. The molecule has 1 aromatic carbocycles. The topological polar surface area (TPSA) is 52.1 Å². The second-order valence-corrected chi connectivity index (χ2v) is 4.29. The molecule has 0 aliphatic rings. The standard InChI is InChI=1S/C16H12N2O2/c1-20-16-14(6-3-8-18-16)15(19)13-5-2-4-11-10-17-9-7-12(11)13/h2-10H,1H3. The lowest BCUT2D eigenvalue weighted by Crippen LogP contribution is -2.05. The van der Waals surface area contributed by atoms with Gasteiger partial charge in [-0.2, -0.15) is 0 Å². The maximum absolute atomic E-state index is 12.7. The summed E-state index contributed by atoms with van der Waals surface area (Å²) in [5.74, 6) is 0.232. The van der Waals surface area contributed by atoms with Gasteiger partial charge in [-0.25, -0.2) is 4.98 Å². The van der Waals surface area contributed by atoms with E-state index in [4.69, 9.17) is 4.74 Å². The fourth-order valence-corrected chi connectivity index (χ4v) is 2.19. The highest BCUT2D eigenvalue weighted by molar-refractivity contribution is 6.17. The van der Waals surface area contributed by atoms with Crippen LogP contribution >= 0.6 is 0 Å². The molecule has 2 heterocycles. The lowest BCUT2D eigenvalue weighted by atomic mass is 9.99. The van der Waals surface area contributed by atoms with E-state index in [-0.39, 0.29) is 5.78 Å². The highest BCUT2D eigenvalue weighted by Gasteiger charge is 2.17. The summed E-state index contributed by atoms with van der Waals surface area (Å²) in [7, 11) is 1.51. The number of ether oxygens (including phenoxy) is 1. The number of rotatable bonds is 3. The Morgan fingerprint density at radius 2 is 1.90 bits per heavy atom. The van der Waals surface area contributed by atoms with Crippen LogP contribution in [-0.4, -0.2) is 22.9 Å². The minimum absolute atomic E-state index is 0.105. The van der Waals surface area contributed by atoms with Crippen LogP contribution in [0, 0.1) is 0 Å². The fourth-order valence-electron chi connectivity index (χ4n) is 2.19. The van der Waals surface area contributed by atoms with E-state index in [1.54, 1.807) is 36.8 Å². The van der Waals surface area contributed by atoms with Crippen molar-refractivity contribution in [3.8, 4) is 5.88 Å². The second-order valence-electron chi connectivity index (χ2n) is 4.29. The Hall–Kier alpha value is -2.75. The van der Waals surface area contributed by atoms with Crippen LogP contribution in [0.1, 0.15) is 15.9 Å². The second kappa shape index (κ2) is 5.09. The molecule has 0 aliphatic carbocycles. The third-order valence-corrected chi connectivity index (χ3v) is 3.13. The molecule has 0 fully saturated rings. The molecule has 0 spiro atoms. The Morgan fingerprint density at radius 1 is 1.05 bits per heavy atom. The highest BCUT2D eigenvalue weighted by Crippen LogP contribution is 2.23. The van der Waals surface area contributed by atoms with Crippen LogP contribution in [0.3, 0.4) is 0 Å². The van der Waals surface area contributed by atoms with Crippen LogP contribution in [0.4, 0.5) is 0 Å². The molecule has 0 unspecified atom stereocenters. The minimum Gasteiger partial charge on any atom is -0.480 e. The van der Waals surface area contributed by atoms with E-state index in [0.29, 0.717) is 17.0 Å². The van der Waals surface area contributed by atoms with E-state index in [1.807, 2.05) is 18.2 Å². The first-order valence-corrected chi connectivity index (χ1v) is 6.17. The predicted molar refractivity (Wildman–Crippen MR) is 76.0 cm³/mol. The number of benzene rings is 1. The molecule has 98 valence electrons. The maximum atomic E-state index is 12.7. The summed E-state index contributed by atoms with van der Waals surface area (Å²) >= 11 is 0. The van der Waals surface area contributed by atoms with Crippen LogP contribution in [-0.2, 0) is 0 Å². The van der Waals surface area contributed by atoms with Crippen molar-refractivity contribution in [2.75, 3.05) is 7.11 Å². The summed E-state index contributed by atoms with van der Waals surface area (Å²) in [4.78, 5) is 20.8. The van der Waals surface area contributed by atoms with Gasteiger partial charge in [0.25, 0.3) is 0 Å². The highest BCUT2D eigenvalue weighted by atomic mass is 16.5. The molecule has 3 aromatic rings. The van der Waals surface area contributed by atoms with Gasteiger partial charge in [-0.15, -0.1) is 0 Å². The van der Waals surface area contributed by atoms with Crippen molar-refractivity contribution in [1.29, 1.82) is 0 Å². The third kappa shape index (κ3) is 2.01. The Labute approximate surface area is 116 Å². The summed E-state index contributed by atoms with van der Waals surface area (Å²) in [5, 5.41) is 1.81. The van der Waals surface area contributed by atoms with Gasteiger partial charge >= 0.3 is 0 Å². The van der Waals surface area contributed by atoms with Gasteiger partial charge in [-0.3, -0.25) is 9.78 Å². The summed E-state index contributed by atoms with van der Waals surface area (Å²) in [5.41, 5.74) is 1.08. The van der Waals surface area contributed by atoms with Crippen LogP contribution in [0.15, 0.2) is 55.0 Å². The molecule has 0 amide bonds. The monoisotopic (exact) mass is 264 g/mol. The number of carbonyl (C=O) groups is 1. The Kier molecular flexibility index (Phi) is 3.13. The molecule has 2 aromatic heterocycles. The van der Waals surface area contributed by atoms with E-state index in [1.165, 1.54) is 7.11 Å². The largest absolute Gasteiger partial charge is 0.480 e. The summed E-state index contributed by atoms with van der Waals surface area (Å²) in [6.07, 6.45) is 5.02. The first-order chi connectivity index (χ1) is 9.81. The number of aromatic nitrogens is 2. The van der Waals surface area contributed by atoms with Crippen molar-refractivity contribution in [2.45, 2.75) is 0 Å². The zero-order chi connectivity index (χ0) is 13.9. The van der Waals surface area contributed by atoms with E-state index >= 15 is 0 Å². The van der Waals surface area contributed by atoms with E-state index in [2.05, 4.69) is 9.97 Å². The van der Waals surface area contributed by atoms with Crippen molar-refractivity contribution >= 4 is 16.6 Å². The van der Waals surface area contributed by atoms with Gasteiger partial charge in [-0.05, 0) is 23.6 Å². The lowest BCUT2D eigenvalue weighted by Gasteiger charge is -2.08. The van der Waals surface area contributed by atoms with E-state index in [9.17, 15) is 4.79 Å². The van der Waals surface area contributed by atoms with Gasteiger partial charge in [0.15, 0.2) is 5.78 Å². The number of nitrogens with zero attached hydrogens (tertiary/aromatic N) is 2. The fraction of sp³-hybridized carbons (Fsp3) is 0.0625. The Bertz CT molecular complexity index is 779. The molecule has 4 heteroatoms. The van der Waals surface area contributed by atoms with Crippen molar-refractivity contribution in [3.63, 3.8) is 0 Å². The minimum atomic E-state index is -0.105. The maximum Gasteiger partial charge on any atom is 0.224 e. The molecule has 0 saturated heterocycles. The van der Waals surface area contributed by atoms with E-state index in [0.717, 1.165) is 10.8 Å². The summed E-state index contributed by atoms with van der Waals surface area (Å²) in [6, 6.07) is 10.9. The van der Waals surface area contributed by atoms with Gasteiger partial charge in [-0.1, -0.05) is 18.2 Å². The molecule has 0 N–H and O–H groups in total. The van der Waals surface area contributed by atoms with E-state index < -0.39 is 0 Å². The van der Waals surface area contributed by atoms with Gasteiger partial charge in [0, 0.05) is 29.5 Å². The number of fused-ring (bicyclic) bond motifs is 1. The zero-order valence-corrected chi connectivity index (χ0v) is 10.9. The molecule has 20 heavy (non-hydrogen) atoms. The molecule has 4 nitrogen and oxygen atoms in total. The van der Waals surface area contributed by atoms with Crippen molar-refractivity contribution in [1.82, 2.24) is 9.97 Å². The first-order valence-electron chi connectivity index (χ1n) is 6.17. The average molecular weight is 264 g/mol. The number of methoxy groups -OCH3 is 1. The SMILES string of the molecule is COc1ncccc1C(=O)c1cccc2cnccc12. The van der Waals surface area contributed by atoms with Gasteiger partial charge in [0.2, 0.25) is 5.88 Å². The molecule has 0 saturated carbocycles. The lowest BCUT2D eigenvalue weighted by molar-refractivity contribution is 0.103. The molecule has 0 aliphatic heterocycles. The number of carbonyl (C=O) groups excluding carboxylic acids is 1. The Morgan fingerprint density at radius 3 is 2.75 bits per heavy atom. The molecule has 0 radical (unpaired) electrons. The molecule has 0 bridgehead atoms. The van der Waals surface area contributed by atoms with Gasteiger partial charge < -0.3 is 4.74 Å². The van der Waals surface area contributed by atoms with Crippen molar-refractivity contribution in [3.05, 3.63) is 66.1 Å².